The SMILES string of the molecule is CC(=O)N1CC[C@@H]2C[C@H](N(C)C(=O)c3sc(C)nc3C)C[C@@H]2C1. The van der Waals surface area contributed by atoms with E-state index in [1.165, 1.54) is 11.3 Å². The average molecular weight is 335 g/mol. The second kappa shape index (κ2) is 6.23. The van der Waals surface area contributed by atoms with Gasteiger partial charge in [0.2, 0.25) is 5.91 Å². The van der Waals surface area contributed by atoms with Crippen LogP contribution in [0.5, 0.6) is 0 Å². The molecule has 0 bridgehead atoms. The van der Waals surface area contributed by atoms with Crippen molar-refractivity contribution in [3.63, 3.8) is 0 Å². The van der Waals surface area contributed by atoms with Gasteiger partial charge in [-0.1, -0.05) is 0 Å². The quantitative estimate of drug-likeness (QED) is 0.834. The number of carbonyl (C=O) groups excluding carboxylic acids is 2. The normalized spacial score (nSPS) is 27.0. The number of amides is 2. The predicted octanol–water partition coefficient (Wildman–Crippen LogP) is 2.48. The highest BCUT2D eigenvalue weighted by Crippen LogP contribution is 2.40. The van der Waals surface area contributed by atoms with Gasteiger partial charge < -0.3 is 9.80 Å². The van der Waals surface area contributed by atoms with Crippen LogP contribution >= 0.6 is 11.3 Å². The summed E-state index contributed by atoms with van der Waals surface area (Å²) in [4.78, 5) is 33.4. The molecular formula is C17H25N3O2S. The number of hydrogen-bond donors (Lipinski definition) is 0. The predicted molar refractivity (Wildman–Crippen MR) is 90.6 cm³/mol. The molecule has 0 radical (unpaired) electrons. The minimum absolute atomic E-state index is 0.0974. The monoisotopic (exact) mass is 335 g/mol. The molecule has 2 amide bonds. The summed E-state index contributed by atoms with van der Waals surface area (Å²) in [5.74, 6) is 1.46. The third-order valence-electron chi connectivity index (χ3n) is 5.45. The van der Waals surface area contributed by atoms with Crippen LogP contribution in [0.1, 0.15) is 46.6 Å². The third kappa shape index (κ3) is 3.13. The van der Waals surface area contributed by atoms with E-state index in [1.54, 1.807) is 6.92 Å². The maximum absolute atomic E-state index is 12.8. The lowest BCUT2D eigenvalue weighted by Gasteiger charge is -2.34. The molecule has 3 rings (SSSR count). The van der Waals surface area contributed by atoms with Crippen LogP contribution in [0.4, 0.5) is 0 Å². The summed E-state index contributed by atoms with van der Waals surface area (Å²) < 4.78 is 0. The summed E-state index contributed by atoms with van der Waals surface area (Å²) in [7, 11) is 1.92. The van der Waals surface area contributed by atoms with Gasteiger partial charge in [0.25, 0.3) is 5.91 Å². The minimum Gasteiger partial charge on any atom is -0.343 e. The van der Waals surface area contributed by atoms with E-state index in [-0.39, 0.29) is 17.9 Å². The fourth-order valence-electron chi connectivity index (χ4n) is 4.11. The fraction of sp³-hybridized carbons (Fsp3) is 0.706. The van der Waals surface area contributed by atoms with Crippen LogP contribution in [-0.4, -0.2) is 52.8 Å². The van der Waals surface area contributed by atoms with Gasteiger partial charge in [-0.2, -0.15) is 0 Å². The summed E-state index contributed by atoms with van der Waals surface area (Å²) in [5, 5.41) is 0.941. The van der Waals surface area contributed by atoms with E-state index in [0.29, 0.717) is 11.8 Å². The minimum atomic E-state index is 0.0974. The maximum Gasteiger partial charge on any atom is 0.265 e. The first kappa shape index (κ1) is 16.4. The van der Waals surface area contributed by atoms with E-state index in [4.69, 9.17) is 0 Å². The third-order valence-corrected chi connectivity index (χ3v) is 6.51. The topological polar surface area (TPSA) is 53.5 Å². The van der Waals surface area contributed by atoms with Gasteiger partial charge in [0, 0.05) is 33.1 Å². The molecule has 5 nitrogen and oxygen atoms in total. The van der Waals surface area contributed by atoms with E-state index in [1.807, 2.05) is 30.7 Å². The zero-order chi connectivity index (χ0) is 16.7. The van der Waals surface area contributed by atoms with Gasteiger partial charge in [0.05, 0.1) is 10.7 Å². The van der Waals surface area contributed by atoms with E-state index in [9.17, 15) is 9.59 Å². The van der Waals surface area contributed by atoms with Crippen molar-refractivity contribution in [2.45, 2.75) is 46.1 Å². The van der Waals surface area contributed by atoms with E-state index >= 15 is 0 Å². The molecule has 3 atom stereocenters. The number of aryl methyl sites for hydroxylation is 2. The van der Waals surface area contributed by atoms with Crippen molar-refractivity contribution in [3.8, 4) is 0 Å². The van der Waals surface area contributed by atoms with Crippen LogP contribution < -0.4 is 0 Å². The standard InChI is InChI=1S/C17H25N3O2S/c1-10-16(23-11(2)18-10)17(22)19(4)15-7-13-5-6-20(12(3)21)9-14(13)8-15/h13-15H,5-9H2,1-4H3/t13-,14-,15+/m1/s1. The lowest BCUT2D eigenvalue weighted by atomic mass is 9.89. The summed E-state index contributed by atoms with van der Waals surface area (Å²) in [6.07, 6.45) is 3.14. The van der Waals surface area contributed by atoms with Gasteiger partial charge in [-0.3, -0.25) is 9.59 Å². The van der Waals surface area contributed by atoms with Crippen molar-refractivity contribution < 1.29 is 9.59 Å². The van der Waals surface area contributed by atoms with Crippen molar-refractivity contribution in [1.29, 1.82) is 0 Å². The Balaban J connectivity index is 1.68. The lowest BCUT2D eigenvalue weighted by Crippen LogP contribution is -2.41. The Morgan fingerprint density at radius 1 is 1.26 bits per heavy atom. The zero-order valence-electron chi connectivity index (χ0n) is 14.3. The molecule has 2 fully saturated rings. The molecule has 1 aliphatic carbocycles. The Morgan fingerprint density at radius 2 is 1.96 bits per heavy atom. The second-order valence-corrected chi connectivity index (χ2v) is 8.17. The first-order valence-electron chi connectivity index (χ1n) is 8.33. The molecule has 2 aliphatic rings. The van der Waals surface area contributed by atoms with Gasteiger partial charge in [-0.25, -0.2) is 4.98 Å². The van der Waals surface area contributed by atoms with Crippen LogP contribution in [0, 0.1) is 25.7 Å². The number of nitrogens with zero attached hydrogens (tertiary/aromatic N) is 3. The Bertz CT molecular complexity index is 627. The van der Waals surface area contributed by atoms with Gasteiger partial charge in [0.1, 0.15) is 4.88 Å². The molecule has 0 spiro atoms. The van der Waals surface area contributed by atoms with Gasteiger partial charge in [-0.15, -0.1) is 11.3 Å². The summed E-state index contributed by atoms with van der Waals surface area (Å²) in [6, 6.07) is 0.284. The van der Waals surface area contributed by atoms with Crippen LogP contribution in [-0.2, 0) is 4.79 Å². The number of rotatable bonds is 2. The number of hydrogen-bond acceptors (Lipinski definition) is 4. The van der Waals surface area contributed by atoms with E-state index < -0.39 is 0 Å². The molecule has 1 saturated carbocycles. The molecule has 1 aromatic rings. The first-order chi connectivity index (χ1) is 10.9. The van der Waals surface area contributed by atoms with E-state index in [2.05, 4.69) is 4.98 Å². The Morgan fingerprint density at radius 3 is 2.57 bits per heavy atom. The molecule has 1 aromatic heterocycles. The Hall–Kier alpha value is -1.43. The van der Waals surface area contributed by atoms with Gasteiger partial charge in [0.15, 0.2) is 0 Å². The molecule has 1 saturated heterocycles. The molecule has 0 unspecified atom stereocenters. The maximum atomic E-state index is 12.8. The first-order valence-corrected chi connectivity index (χ1v) is 9.15. The molecule has 1 aliphatic heterocycles. The van der Waals surface area contributed by atoms with Crippen molar-refractivity contribution in [2.75, 3.05) is 20.1 Å². The summed E-state index contributed by atoms with van der Waals surface area (Å²) in [6.45, 7) is 7.22. The van der Waals surface area contributed by atoms with E-state index in [0.717, 1.165) is 47.9 Å². The Labute approximate surface area is 141 Å². The van der Waals surface area contributed by atoms with Crippen LogP contribution in [0.3, 0.4) is 0 Å². The van der Waals surface area contributed by atoms with Crippen molar-refractivity contribution in [3.05, 3.63) is 15.6 Å². The molecule has 23 heavy (non-hydrogen) atoms. The molecule has 0 N–H and O–H groups in total. The number of likely N-dealkylation sites (tertiary alicyclic amines) is 1. The molecule has 0 aromatic carbocycles. The number of fused-ring (bicyclic) bond motifs is 1. The largest absolute Gasteiger partial charge is 0.343 e. The number of carbonyl (C=O) groups is 2. The van der Waals surface area contributed by atoms with Crippen LogP contribution in [0.25, 0.3) is 0 Å². The molecule has 6 heteroatoms. The van der Waals surface area contributed by atoms with Gasteiger partial charge >= 0.3 is 0 Å². The molecular weight excluding hydrogens is 310 g/mol. The second-order valence-electron chi connectivity index (χ2n) is 6.96. The number of piperidine rings is 1. The smallest absolute Gasteiger partial charge is 0.265 e. The van der Waals surface area contributed by atoms with Crippen LogP contribution in [0.2, 0.25) is 0 Å². The summed E-state index contributed by atoms with van der Waals surface area (Å²) in [5.41, 5.74) is 0.836. The highest BCUT2D eigenvalue weighted by atomic mass is 32.1. The summed E-state index contributed by atoms with van der Waals surface area (Å²) >= 11 is 1.48. The van der Waals surface area contributed by atoms with Crippen molar-refractivity contribution in [1.82, 2.24) is 14.8 Å². The van der Waals surface area contributed by atoms with Crippen molar-refractivity contribution in [2.24, 2.45) is 11.8 Å². The molecule has 126 valence electrons. The number of aromatic nitrogens is 1. The fourth-order valence-corrected chi connectivity index (χ4v) is 5.01. The van der Waals surface area contributed by atoms with Crippen molar-refractivity contribution >= 4 is 23.2 Å². The Kier molecular flexibility index (Phi) is 4.45. The van der Waals surface area contributed by atoms with Crippen LogP contribution in [0.15, 0.2) is 0 Å². The lowest BCUT2D eigenvalue weighted by molar-refractivity contribution is -0.131. The van der Waals surface area contributed by atoms with Gasteiger partial charge in [-0.05, 0) is 44.9 Å². The zero-order valence-corrected chi connectivity index (χ0v) is 15.2. The number of thiazole rings is 1. The molecule has 2 heterocycles. The highest BCUT2D eigenvalue weighted by molar-refractivity contribution is 7.13. The highest BCUT2D eigenvalue weighted by Gasteiger charge is 2.41. The average Bonchev–Trinajstić information content (AvgIpc) is 3.07.